The van der Waals surface area contributed by atoms with Crippen molar-refractivity contribution in [1.29, 1.82) is 0 Å². The number of pyridine rings is 2. The summed E-state index contributed by atoms with van der Waals surface area (Å²) in [6.07, 6.45) is 11.0. The predicted octanol–water partition coefficient (Wildman–Crippen LogP) is 8.46. The van der Waals surface area contributed by atoms with E-state index in [2.05, 4.69) is 87.8 Å². The van der Waals surface area contributed by atoms with Crippen LogP contribution in [-0.4, -0.2) is 28.7 Å². The lowest BCUT2D eigenvalue weighted by Crippen LogP contribution is -1.95. The van der Waals surface area contributed by atoms with Crippen LogP contribution in [0.25, 0.3) is 65.9 Å². The molecule has 43 heavy (non-hydrogen) atoms. The van der Waals surface area contributed by atoms with Crippen LogP contribution < -0.4 is 4.74 Å². The lowest BCUT2D eigenvalue weighted by molar-refractivity contribution is 0.484. The van der Waals surface area contributed by atoms with Crippen molar-refractivity contribution in [2.24, 2.45) is 0 Å². The molecule has 0 bridgehead atoms. The van der Waals surface area contributed by atoms with E-state index < -0.39 is 0 Å². The highest BCUT2D eigenvalue weighted by Gasteiger charge is 2.15. The molecule has 4 aromatic carbocycles. The van der Waals surface area contributed by atoms with Gasteiger partial charge in [0, 0.05) is 52.5 Å². The third-order valence-electron chi connectivity index (χ3n) is 8.51. The molecule has 0 radical (unpaired) electrons. The van der Waals surface area contributed by atoms with E-state index in [1.54, 1.807) is 12.5 Å². The highest BCUT2D eigenvalue weighted by Crippen LogP contribution is 2.37. The quantitative estimate of drug-likeness (QED) is 0.204. The standard InChI is InChI=1S/C36H24N6O/c1-21-4-3-5-22(2)33(21)23-6-9-28-26-10-7-24(17-29(26)34-38-12-14-41(34)32(28)16-23)43-25-8-11-27-30(18-25)35-39-13-15-42(35)36-31(27)19-37-20-40-36/h3-20H,1-2H3. The van der Waals surface area contributed by atoms with E-state index in [0.29, 0.717) is 0 Å². The van der Waals surface area contributed by atoms with Crippen molar-refractivity contribution in [3.63, 3.8) is 0 Å². The first-order chi connectivity index (χ1) is 21.1. The monoisotopic (exact) mass is 556 g/mol. The molecule has 9 aromatic rings. The van der Waals surface area contributed by atoms with Crippen LogP contribution in [0, 0.1) is 13.8 Å². The minimum atomic E-state index is 0.728. The molecular weight excluding hydrogens is 532 g/mol. The molecule has 0 aliphatic heterocycles. The Kier molecular flexibility index (Phi) is 4.90. The number of aryl methyl sites for hydroxylation is 2. The summed E-state index contributed by atoms with van der Waals surface area (Å²) >= 11 is 0. The number of imidazole rings is 2. The summed E-state index contributed by atoms with van der Waals surface area (Å²) in [5.74, 6) is 1.47. The van der Waals surface area contributed by atoms with Crippen molar-refractivity contribution < 1.29 is 4.74 Å². The molecule has 9 rings (SSSR count). The second-order valence-corrected chi connectivity index (χ2v) is 11.0. The van der Waals surface area contributed by atoms with E-state index in [1.165, 1.54) is 27.6 Å². The fourth-order valence-electron chi connectivity index (χ4n) is 6.61. The van der Waals surface area contributed by atoms with E-state index in [-0.39, 0.29) is 0 Å². The van der Waals surface area contributed by atoms with Crippen LogP contribution in [0.15, 0.2) is 110 Å². The van der Waals surface area contributed by atoms with Gasteiger partial charge >= 0.3 is 0 Å². The van der Waals surface area contributed by atoms with Gasteiger partial charge in [-0.1, -0.05) is 30.3 Å². The molecule has 5 heterocycles. The Labute approximate surface area is 245 Å². The number of hydrogen-bond donors (Lipinski definition) is 0. The van der Waals surface area contributed by atoms with Gasteiger partial charge in [-0.2, -0.15) is 0 Å². The first-order valence-corrected chi connectivity index (χ1v) is 14.2. The summed E-state index contributed by atoms with van der Waals surface area (Å²) in [6, 6.07) is 25.5. The highest BCUT2D eigenvalue weighted by atomic mass is 16.5. The van der Waals surface area contributed by atoms with Crippen LogP contribution in [-0.2, 0) is 0 Å². The summed E-state index contributed by atoms with van der Waals surface area (Å²) in [5.41, 5.74) is 8.72. The zero-order chi connectivity index (χ0) is 28.7. The zero-order valence-electron chi connectivity index (χ0n) is 23.5. The lowest BCUT2D eigenvalue weighted by atomic mass is 9.94. The average molecular weight is 557 g/mol. The summed E-state index contributed by atoms with van der Waals surface area (Å²) in [7, 11) is 0. The Morgan fingerprint density at radius 2 is 1.21 bits per heavy atom. The number of aromatic nitrogens is 6. The van der Waals surface area contributed by atoms with Crippen LogP contribution in [0.3, 0.4) is 0 Å². The first-order valence-electron chi connectivity index (χ1n) is 14.2. The Morgan fingerprint density at radius 3 is 1.95 bits per heavy atom. The third-order valence-corrected chi connectivity index (χ3v) is 8.51. The highest BCUT2D eigenvalue weighted by molar-refractivity contribution is 6.13. The van der Waals surface area contributed by atoms with Gasteiger partial charge in [0.15, 0.2) is 0 Å². The fraction of sp³-hybridized carbons (Fsp3) is 0.0556. The Morgan fingerprint density at radius 1 is 0.581 bits per heavy atom. The molecule has 0 unspecified atom stereocenters. The average Bonchev–Trinajstić information content (AvgIpc) is 3.73. The van der Waals surface area contributed by atoms with Crippen molar-refractivity contribution in [3.05, 3.63) is 121 Å². The van der Waals surface area contributed by atoms with Crippen molar-refractivity contribution in [3.8, 4) is 22.6 Å². The zero-order valence-corrected chi connectivity index (χ0v) is 23.5. The lowest BCUT2D eigenvalue weighted by Gasteiger charge is -2.14. The molecule has 0 atom stereocenters. The molecule has 5 aromatic heterocycles. The van der Waals surface area contributed by atoms with Gasteiger partial charge in [0.2, 0.25) is 0 Å². The van der Waals surface area contributed by atoms with Gasteiger partial charge in [0.05, 0.1) is 5.52 Å². The number of hydrogen-bond acceptors (Lipinski definition) is 5. The largest absolute Gasteiger partial charge is 0.457 e. The molecule has 204 valence electrons. The maximum absolute atomic E-state index is 6.47. The minimum Gasteiger partial charge on any atom is -0.457 e. The second-order valence-electron chi connectivity index (χ2n) is 11.0. The topological polar surface area (TPSA) is 69.6 Å². The van der Waals surface area contributed by atoms with E-state index in [0.717, 1.165) is 60.9 Å². The second kappa shape index (κ2) is 8.84. The van der Waals surface area contributed by atoms with E-state index in [9.17, 15) is 0 Å². The van der Waals surface area contributed by atoms with E-state index in [1.807, 2.05) is 47.4 Å². The van der Waals surface area contributed by atoms with Crippen molar-refractivity contribution >= 4 is 54.8 Å². The van der Waals surface area contributed by atoms with E-state index in [4.69, 9.17) is 9.72 Å². The number of benzene rings is 4. The SMILES string of the molecule is Cc1cccc(C)c1-c1ccc2c3ccc(Oc4ccc5c6cncnc6n6ccnc6c5c4)cc3c3nccn3c2c1. The van der Waals surface area contributed by atoms with E-state index >= 15 is 0 Å². The number of rotatable bonds is 3. The predicted molar refractivity (Wildman–Crippen MR) is 171 cm³/mol. The molecule has 0 spiro atoms. The summed E-state index contributed by atoms with van der Waals surface area (Å²) in [5, 5.41) is 6.32. The maximum Gasteiger partial charge on any atom is 0.149 e. The first kappa shape index (κ1) is 23.8. The number of ether oxygens (including phenoxy) is 1. The molecular formula is C36H24N6O. The third kappa shape index (κ3) is 3.48. The molecule has 0 saturated heterocycles. The maximum atomic E-state index is 6.47. The molecule has 0 aliphatic rings. The van der Waals surface area contributed by atoms with Crippen LogP contribution in [0.2, 0.25) is 0 Å². The van der Waals surface area contributed by atoms with Gasteiger partial charge in [0.1, 0.15) is 34.8 Å². The van der Waals surface area contributed by atoms with Crippen molar-refractivity contribution in [2.45, 2.75) is 13.8 Å². The molecule has 7 nitrogen and oxygen atoms in total. The van der Waals surface area contributed by atoms with Gasteiger partial charge < -0.3 is 4.74 Å². The van der Waals surface area contributed by atoms with Crippen LogP contribution >= 0.6 is 0 Å². The smallest absolute Gasteiger partial charge is 0.149 e. The van der Waals surface area contributed by atoms with Crippen LogP contribution in [0.4, 0.5) is 0 Å². The van der Waals surface area contributed by atoms with Crippen LogP contribution in [0.5, 0.6) is 11.5 Å². The van der Waals surface area contributed by atoms with Gasteiger partial charge in [-0.3, -0.25) is 8.80 Å². The van der Waals surface area contributed by atoms with Crippen LogP contribution in [0.1, 0.15) is 11.1 Å². The Bertz CT molecular complexity index is 2560. The van der Waals surface area contributed by atoms with Crippen molar-refractivity contribution in [2.75, 3.05) is 0 Å². The van der Waals surface area contributed by atoms with Gasteiger partial charge in [0.25, 0.3) is 0 Å². The Hall–Kier alpha value is -5.82. The molecule has 0 N–H and O–H groups in total. The summed E-state index contributed by atoms with van der Waals surface area (Å²) in [6.45, 7) is 4.34. The van der Waals surface area contributed by atoms with Gasteiger partial charge in [-0.15, -0.1) is 0 Å². The molecule has 7 heteroatoms. The summed E-state index contributed by atoms with van der Waals surface area (Å²) < 4.78 is 10.6. The Balaban J connectivity index is 1.18. The number of nitrogens with zero attached hydrogens (tertiary/aromatic N) is 6. The molecule has 0 amide bonds. The fourth-order valence-corrected chi connectivity index (χ4v) is 6.61. The minimum absolute atomic E-state index is 0.728. The molecule has 0 saturated carbocycles. The van der Waals surface area contributed by atoms with Gasteiger partial charge in [-0.05, 0) is 89.3 Å². The molecule has 0 aliphatic carbocycles. The summed E-state index contributed by atoms with van der Waals surface area (Å²) in [4.78, 5) is 18.1. The van der Waals surface area contributed by atoms with Gasteiger partial charge in [-0.25, -0.2) is 19.9 Å². The van der Waals surface area contributed by atoms with Crippen molar-refractivity contribution in [1.82, 2.24) is 28.7 Å². The normalized spacial score (nSPS) is 12.0. The molecule has 0 fully saturated rings. The number of fused-ring (bicyclic) bond motifs is 12.